The van der Waals surface area contributed by atoms with Gasteiger partial charge in [-0.05, 0) is 24.6 Å². The van der Waals surface area contributed by atoms with E-state index in [1.54, 1.807) is 6.20 Å². The van der Waals surface area contributed by atoms with Crippen molar-refractivity contribution < 1.29 is 0 Å². The van der Waals surface area contributed by atoms with Crippen molar-refractivity contribution in [2.24, 2.45) is 5.73 Å². The van der Waals surface area contributed by atoms with Crippen LogP contribution in [0, 0.1) is 0 Å². The summed E-state index contributed by atoms with van der Waals surface area (Å²) in [5.41, 5.74) is 6.81. The molecule has 2 aromatic rings. The van der Waals surface area contributed by atoms with Gasteiger partial charge in [-0.25, -0.2) is 9.97 Å². The van der Waals surface area contributed by atoms with Crippen LogP contribution >= 0.6 is 0 Å². The minimum absolute atomic E-state index is 0.577. The highest BCUT2D eigenvalue weighted by Gasteiger charge is 1.98. The van der Waals surface area contributed by atoms with E-state index < -0.39 is 0 Å². The lowest BCUT2D eigenvalue weighted by atomic mass is 10.1. The average Bonchev–Trinajstić information content (AvgIpc) is 2.41. The molecule has 0 radical (unpaired) electrons. The molecule has 0 fully saturated rings. The summed E-state index contributed by atoms with van der Waals surface area (Å²) in [5, 5.41) is 3.30. The molecule has 4 heteroatoms. The molecule has 1 aromatic carbocycles. The SMILES string of the molecule is NCCc1nccc(NCCc2ccccc2)n1. The fourth-order valence-corrected chi connectivity index (χ4v) is 1.73. The number of hydrogen-bond donors (Lipinski definition) is 2. The maximum Gasteiger partial charge on any atom is 0.131 e. The molecule has 0 atom stereocenters. The molecule has 1 heterocycles. The van der Waals surface area contributed by atoms with E-state index >= 15 is 0 Å². The number of benzene rings is 1. The second-order valence-electron chi connectivity index (χ2n) is 4.06. The van der Waals surface area contributed by atoms with Gasteiger partial charge in [0.05, 0.1) is 0 Å². The van der Waals surface area contributed by atoms with Crippen molar-refractivity contribution in [2.45, 2.75) is 12.8 Å². The summed E-state index contributed by atoms with van der Waals surface area (Å²) in [4.78, 5) is 8.56. The second-order valence-corrected chi connectivity index (χ2v) is 4.06. The Labute approximate surface area is 107 Å². The molecule has 94 valence electrons. The Morgan fingerprint density at radius 3 is 2.67 bits per heavy atom. The van der Waals surface area contributed by atoms with Crippen molar-refractivity contribution in [2.75, 3.05) is 18.4 Å². The molecular formula is C14H18N4. The third kappa shape index (κ3) is 3.82. The predicted octanol–water partition coefficient (Wildman–Crippen LogP) is 1.63. The first-order valence-electron chi connectivity index (χ1n) is 6.18. The van der Waals surface area contributed by atoms with E-state index in [2.05, 4.69) is 39.6 Å². The topological polar surface area (TPSA) is 63.8 Å². The van der Waals surface area contributed by atoms with Crippen molar-refractivity contribution in [1.82, 2.24) is 9.97 Å². The monoisotopic (exact) mass is 242 g/mol. The van der Waals surface area contributed by atoms with Crippen LogP contribution in [0.4, 0.5) is 5.82 Å². The quantitative estimate of drug-likeness (QED) is 0.808. The molecule has 0 aliphatic heterocycles. The van der Waals surface area contributed by atoms with Gasteiger partial charge in [0, 0.05) is 19.2 Å². The highest BCUT2D eigenvalue weighted by atomic mass is 15.0. The lowest BCUT2D eigenvalue weighted by Gasteiger charge is -2.06. The summed E-state index contributed by atoms with van der Waals surface area (Å²) in [6.07, 6.45) is 3.47. The minimum atomic E-state index is 0.577. The van der Waals surface area contributed by atoms with Gasteiger partial charge in [0.15, 0.2) is 0 Å². The second kappa shape index (κ2) is 6.71. The van der Waals surface area contributed by atoms with Gasteiger partial charge in [0.2, 0.25) is 0 Å². The molecule has 0 bridgehead atoms. The smallest absolute Gasteiger partial charge is 0.131 e. The maximum absolute atomic E-state index is 5.49. The Bertz CT molecular complexity index is 470. The standard InChI is InChI=1S/C14H18N4/c15-9-6-13-17-11-8-14(18-13)16-10-7-12-4-2-1-3-5-12/h1-5,8,11H,6-7,9-10,15H2,(H,16,17,18). The summed E-state index contributed by atoms with van der Waals surface area (Å²) < 4.78 is 0. The lowest BCUT2D eigenvalue weighted by Crippen LogP contribution is -2.10. The number of rotatable bonds is 6. The van der Waals surface area contributed by atoms with Crippen molar-refractivity contribution in [3.05, 3.63) is 54.0 Å². The van der Waals surface area contributed by atoms with Crippen molar-refractivity contribution >= 4 is 5.82 Å². The van der Waals surface area contributed by atoms with Crippen LogP contribution in [0.2, 0.25) is 0 Å². The minimum Gasteiger partial charge on any atom is -0.370 e. The molecule has 0 unspecified atom stereocenters. The summed E-state index contributed by atoms with van der Waals surface area (Å²) >= 11 is 0. The van der Waals surface area contributed by atoms with Gasteiger partial charge in [-0.3, -0.25) is 0 Å². The van der Waals surface area contributed by atoms with Gasteiger partial charge in [0.1, 0.15) is 11.6 Å². The molecule has 0 amide bonds. The number of hydrogen-bond acceptors (Lipinski definition) is 4. The largest absolute Gasteiger partial charge is 0.370 e. The summed E-state index contributed by atoms with van der Waals surface area (Å²) in [7, 11) is 0. The molecule has 2 rings (SSSR count). The Morgan fingerprint density at radius 2 is 1.89 bits per heavy atom. The molecule has 0 aliphatic carbocycles. The summed E-state index contributed by atoms with van der Waals surface area (Å²) in [5.74, 6) is 1.66. The highest BCUT2D eigenvalue weighted by Crippen LogP contribution is 2.04. The van der Waals surface area contributed by atoms with E-state index in [4.69, 9.17) is 5.73 Å². The number of nitrogens with two attached hydrogens (primary N) is 1. The molecule has 0 saturated carbocycles. The normalized spacial score (nSPS) is 10.3. The van der Waals surface area contributed by atoms with E-state index in [0.717, 1.165) is 24.6 Å². The van der Waals surface area contributed by atoms with E-state index in [-0.39, 0.29) is 0 Å². The molecule has 18 heavy (non-hydrogen) atoms. The van der Waals surface area contributed by atoms with Crippen molar-refractivity contribution in [1.29, 1.82) is 0 Å². The first-order valence-corrected chi connectivity index (χ1v) is 6.18. The van der Waals surface area contributed by atoms with Gasteiger partial charge in [-0.2, -0.15) is 0 Å². The zero-order valence-electron chi connectivity index (χ0n) is 10.3. The first-order chi connectivity index (χ1) is 8.88. The molecule has 0 saturated heterocycles. The number of anilines is 1. The van der Waals surface area contributed by atoms with Gasteiger partial charge in [0.25, 0.3) is 0 Å². The summed E-state index contributed by atoms with van der Waals surface area (Å²) in [6, 6.07) is 12.3. The van der Waals surface area contributed by atoms with Crippen LogP contribution in [-0.2, 0) is 12.8 Å². The van der Waals surface area contributed by atoms with Gasteiger partial charge >= 0.3 is 0 Å². The van der Waals surface area contributed by atoms with Crippen LogP contribution in [0.15, 0.2) is 42.6 Å². The number of nitrogens with zero attached hydrogens (tertiary/aromatic N) is 2. The molecule has 4 nitrogen and oxygen atoms in total. The molecule has 3 N–H and O–H groups in total. The van der Waals surface area contributed by atoms with Gasteiger partial charge in [-0.1, -0.05) is 30.3 Å². The Kier molecular flexibility index (Phi) is 4.67. The maximum atomic E-state index is 5.49. The van der Waals surface area contributed by atoms with Crippen LogP contribution in [0.3, 0.4) is 0 Å². The fourth-order valence-electron chi connectivity index (χ4n) is 1.73. The van der Waals surface area contributed by atoms with Gasteiger partial charge < -0.3 is 11.1 Å². The van der Waals surface area contributed by atoms with Crippen LogP contribution < -0.4 is 11.1 Å². The van der Waals surface area contributed by atoms with E-state index in [9.17, 15) is 0 Å². The van der Waals surface area contributed by atoms with E-state index in [1.807, 2.05) is 12.1 Å². The lowest BCUT2D eigenvalue weighted by molar-refractivity contribution is 0.864. The van der Waals surface area contributed by atoms with Crippen molar-refractivity contribution in [3.8, 4) is 0 Å². The molecular weight excluding hydrogens is 224 g/mol. The Balaban J connectivity index is 1.84. The third-order valence-electron chi connectivity index (χ3n) is 2.64. The summed E-state index contributed by atoms with van der Waals surface area (Å²) in [6.45, 7) is 1.44. The van der Waals surface area contributed by atoms with Crippen LogP contribution in [-0.4, -0.2) is 23.1 Å². The van der Waals surface area contributed by atoms with Crippen LogP contribution in [0.25, 0.3) is 0 Å². The predicted molar refractivity (Wildman–Crippen MR) is 73.4 cm³/mol. The first kappa shape index (κ1) is 12.5. The molecule has 0 aliphatic rings. The van der Waals surface area contributed by atoms with Crippen LogP contribution in [0.1, 0.15) is 11.4 Å². The number of nitrogens with one attached hydrogen (secondary N) is 1. The zero-order valence-corrected chi connectivity index (χ0v) is 10.3. The third-order valence-corrected chi connectivity index (χ3v) is 2.64. The van der Waals surface area contributed by atoms with Crippen LogP contribution in [0.5, 0.6) is 0 Å². The number of aromatic nitrogens is 2. The van der Waals surface area contributed by atoms with E-state index in [0.29, 0.717) is 13.0 Å². The average molecular weight is 242 g/mol. The highest BCUT2D eigenvalue weighted by molar-refractivity contribution is 5.33. The van der Waals surface area contributed by atoms with Gasteiger partial charge in [-0.15, -0.1) is 0 Å². The Hall–Kier alpha value is -1.94. The van der Waals surface area contributed by atoms with Crippen molar-refractivity contribution in [3.63, 3.8) is 0 Å². The fraction of sp³-hybridized carbons (Fsp3) is 0.286. The molecule has 0 spiro atoms. The van der Waals surface area contributed by atoms with E-state index in [1.165, 1.54) is 5.56 Å². The molecule has 1 aromatic heterocycles. The Morgan fingerprint density at radius 1 is 1.06 bits per heavy atom. The zero-order chi connectivity index (χ0) is 12.6.